The van der Waals surface area contributed by atoms with Crippen LogP contribution in [-0.4, -0.2) is 74.6 Å². The number of anilines is 1. The van der Waals surface area contributed by atoms with Crippen molar-refractivity contribution in [2.24, 2.45) is 7.05 Å². The normalized spacial score (nSPS) is 17.3. The SMILES string of the molecule is CC(C)c1nc2ccccc2n1-c1nc(N2CCOCC2)c2nc(OC3CNC3)n(C)c2n1. The standard InChI is InChI=1S/C23H28N8O2/c1-14(2)19-25-16-6-4-5-7-17(16)31(19)22-27-20-18(21(28-22)30-8-10-32-11-9-30)26-23(29(20)3)33-15-12-24-13-15/h4-7,14-15,24H,8-13H2,1-3H3. The van der Waals surface area contributed by atoms with Gasteiger partial charge in [0.15, 0.2) is 17.0 Å². The third kappa shape index (κ3) is 3.41. The minimum atomic E-state index is 0.130. The lowest BCUT2D eigenvalue weighted by Gasteiger charge is -2.28. The van der Waals surface area contributed by atoms with E-state index in [1.165, 1.54) is 0 Å². The van der Waals surface area contributed by atoms with Gasteiger partial charge in [-0.1, -0.05) is 26.0 Å². The largest absolute Gasteiger partial charge is 0.459 e. The van der Waals surface area contributed by atoms with Crippen LogP contribution in [0.25, 0.3) is 28.1 Å². The van der Waals surface area contributed by atoms with Crippen LogP contribution in [0.5, 0.6) is 6.01 Å². The number of hydrogen-bond donors (Lipinski definition) is 1. The van der Waals surface area contributed by atoms with Crippen molar-refractivity contribution in [3.05, 3.63) is 30.1 Å². The Kier molecular flexibility index (Phi) is 4.92. The number of nitrogens with one attached hydrogen (secondary N) is 1. The van der Waals surface area contributed by atoms with E-state index >= 15 is 0 Å². The molecule has 2 fully saturated rings. The molecule has 2 aliphatic heterocycles. The fourth-order valence-corrected chi connectivity index (χ4v) is 4.35. The molecule has 0 spiro atoms. The molecular formula is C23H28N8O2. The van der Waals surface area contributed by atoms with E-state index in [4.69, 9.17) is 29.4 Å². The molecule has 2 saturated heterocycles. The molecule has 1 N–H and O–H groups in total. The monoisotopic (exact) mass is 448 g/mol. The van der Waals surface area contributed by atoms with Crippen LogP contribution in [-0.2, 0) is 11.8 Å². The first kappa shape index (κ1) is 20.4. The summed E-state index contributed by atoms with van der Waals surface area (Å²) in [6.45, 7) is 8.78. The smallest absolute Gasteiger partial charge is 0.298 e. The quantitative estimate of drug-likeness (QED) is 0.496. The topological polar surface area (TPSA) is 95.2 Å². The van der Waals surface area contributed by atoms with E-state index in [2.05, 4.69) is 34.7 Å². The Bertz CT molecular complexity index is 1320. The van der Waals surface area contributed by atoms with E-state index in [0.717, 1.165) is 60.0 Å². The number of ether oxygens (including phenoxy) is 2. The van der Waals surface area contributed by atoms with Crippen molar-refractivity contribution in [1.82, 2.24) is 34.4 Å². The van der Waals surface area contributed by atoms with Gasteiger partial charge in [-0.25, -0.2) is 4.98 Å². The minimum Gasteiger partial charge on any atom is -0.459 e. The highest BCUT2D eigenvalue weighted by Gasteiger charge is 2.27. The molecule has 0 radical (unpaired) electrons. The summed E-state index contributed by atoms with van der Waals surface area (Å²) in [5.41, 5.74) is 3.43. The number of benzene rings is 1. The van der Waals surface area contributed by atoms with Crippen molar-refractivity contribution in [2.75, 3.05) is 44.3 Å². The third-order valence-electron chi connectivity index (χ3n) is 6.28. The van der Waals surface area contributed by atoms with Crippen LogP contribution < -0.4 is 15.0 Å². The molecule has 1 aromatic carbocycles. The highest BCUT2D eigenvalue weighted by atomic mass is 16.5. The highest BCUT2D eigenvalue weighted by Crippen LogP contribution is 2.31. The molecule has 0 atom stereocenters. The predicted molar refractivity (Wildman–Crippen MR) is 125 cm³/mol. The van der Waals surface area contributed by atoms with Crippen molar-refractivity contribution in [3.63, 3.8) is 0 Å². The highest BCUT2D eigenvalue weighted by molar-refractivity contribution is 5.86. The number of aryl methyl sites for hydroxylation is 1. The van der Waals surface area contributed by atoms with Gasteiger partial charge in [0.1, 0.15) is 11.9 Å². The number of nitrogens with zero attached hydrogens (tertiary/aromatic N) is 7. The first-order valence-electron chi connectivity index (χ1n) is 11.5. The summed E-state index contributed by atoms with van der Waals surface area (Å²) in [7, 11) is 1.95. The lowest BCUT2D eigenvalue weighted by molar-refractivity contribution is 0.122. The van der Waals surface area contributed by atoms with Gasteiger partial charge in [0.05, 0.1) is 24.2 Å². The first-order valence-corrected chi connectivity index (χ1v) is 11.5. The maximum Gasteiger partial charge on any atom is 0.298 e. The second-order valence-corrected chi connectivity index (χ2v) is 8.92. The number of rotatable bonds is 5. The Labute approximate surface area is 191 Å². The Morgan fingerprint density at radius 1 is 1.06 bits per heavy atom. The predicted octanol–water partition coefficient (Wildman–Crippen LogP) is 2.01. The van der Waals surface area contributed by atoms with Crippen LogP contribution >= 0.6 is 0 Å². The van der Waals surface area contributed by atoms with E-state index in [0.29, 0.717) is 25.2 Å². The molecule has 0 saturated carbocycles. The molecule has 2 aliphatic rings. The van der Waals surface area contributed by atoms with Crippen LogP contribution in [0, 0.1) is 0 Å². The average Bonchev–Trinajstić information content (AvgIpc) is 3.34. The second kappa shape index (κ2) is 7.96. The number of morpholine rings is 1. The van der Waals surface area contributed by atoms with E-state index in [1.807, 2.05) is 29.8 Å². The fraction of sp³-hybridized carbons (Fsp3) is 0.478. The molecule has 0 aliphatic carbocycles. The fourth-order valence-electron chi connectivity index (χ4n) is 4.35. The molecule has 33 heavy (non-hydrogen) atoms. The van der Waals surface area contributed by atoms with Crippen LogP contribution in [0.3, 0.4) is 0 Å². The first-order chi connectivity index (χ1) is 16.1. The minimum absolute atomic E-state index is 0.130. The lowest BCUT2D eigenvalue weighted by Crippen LogP contribution is -2.50. The van der Waals surface area contributed by atoms with Crippen molar-refractivity contribution in [1.29, 1.82) is 0 Å². The number of aromatic nitrogens is 6. The van der Waals surface area contributed by atoms with Gasteiger partial charge >= 0.3 is 0 Å². The van der Waals surface area contributed by atoms with E-state index in [1.54, 1.807) is 0 Å². The zero-order valence-electron chi connectivity index (χ0n) is 19.2. The van der Waals surface area contributed by atoms with Crippen molar-refractivity contribution in [2.45, 2.75) is 25.9 Å². The second-order valence-electron chi connectivity index (χ2n) is 8.92. The van der Waals surface area contributed by atoms with Gasteiger partial charge in [-0.3, -0.25) is 9.13 Å². The third-order valence-corrected chi connectivity index (χ3v) is 6.28. The van der Waals surface area contributed by atoms with Gasteiger partial charge in [0.2, 0.25) is 5.95 Å². The Hall–Kier alpha value is -3.24. The summed E-state index contributed by atoms with van der Waals surface area (Å²) in [6.07, 6.45) is 0.130. The summed E-state index contributed by atoms with van der Waals surface area (Å²) in [4.78, 5) is 22.0. The Morgan fingerprint density at radius 2 is 1.85 bits per heavy atom. The van der Waals surface area contributed by atoms with Crippen molar-refractivity contribution >= 4 is 28.0 Å². The summed E-state index contributed by atoms with van der Waals surface area (Å²) < 4.78 is 15.7. The maximum atomic E-state index is 6.13. The summed E-state index contributed by atoms with van der Waals surface area (Å²) in [6, 6.07) is 8.69. The van der Waals surface area contributed by atoms with Gasteiger partial charge in [-0.05, 0) is 12.1 Å². The van der Waals surface area contributed by atoms with Gasteiger partial charge in [-0.15, -0.1) is 0 Å². The summed E-state index contributed by atoms with van der Waals surface area (Å²) in [5, 5.41) is 3.24. The molecule has 6 rings (SSSR count). The van der Waals surface area contributed by atoms with Crippen LogP contribution in [0.1, 0.15) is 25.6 Å². The Balaban J connectivity index is 1.58. The number of imidazole rings is 2. The average molecular weight is 449 g/mol. The number of hydrogen-bond acceptors (Lipinski definition) is 8. The van der Waals surface area contributed by atoms with E-state index < -0.39 is 0 Å². The van der Waals surface area contributed by atoms with E-state index in [9.17, 15) is 0 Å². The van der Waals surface area contributed by atoms with Crippen molar-refractivity contribution in [3.8, 4) is 12.0 Å². The Morgan fingerprint density at radius 3 is 2.58 bits per heavy atom. The molecule has 3 aromatic heterocycles. The van der Waals surface area contributed by atoms with Crippen LogP contribution in [0.2, 0.25) is 0 Å². The molecule has 0 unspecified atom stereocenters. The van der Waals surface area contributed by atoms with Crippen LogP contribution in [0.15, 0.2) is 24.3 Å². The van der Waals surface area contributed by atoms with Crippen LogP contribution in [0.4, 0.5) is 5.82 Å². The molecule has 10 heteroatoms. The van der Waals surface area contributed by atoms with Gasteiger partial charge in [0, 0.05) is 39.1 Å². The molecule has 5 heterocycles. The molecule has 10 nitrogen and oxygen atoms in total. The summed E-state index contributed by atoms with van der Waals surface area (Å²) in [5.74, 6) is 2.55. The number of fused-ring (bicyclic) bond motifs is 2. The zero-order chi connectivity index (χ0) is 22.5. The molecule has 0 bridgehead atoms. The summed E-state index contributed by atoms with van der Waals surface area (Å²) >= 11 is 0. The molecular weight excluding hydrogens is 420 g/mol. The van der Waals surface area contributed by atoms with Gasteiger partial charge < -0.3 is 19.7 Å². The number of para-hydroxylation sites is 2. The van der Waals surface area contributed by atoms with Gasteiger partial charge in [-0.2, -0.15) is 15.0 Å². The molecule has 4 aromatic rings. The maximum absolute atomic E-state index is 6.13. The zero-order valence-corrected chi connectivity index (χ0v) is 19.2. The van der Waals surface area contributed by atoms with Crippen molar-refractivity contribution < 1.29 is 9.47 Å². The lowest BCUT2D eigenvalue weighted by atomic mass is 10.2. The van der Waals surface area contributed by atoms with Gasteiger partial charge in [0.25, 0.3) is 6.01 Å². The molecule has 172 valence electrons. The van der Waals surface area contributed by atoms with E-state index in [-0.39, 0.29) is 12.0 Å². The molecule has 0 amide bonds.